The lowest BCUT2D eigenvalue weighted by Crippen LogP contribution is -2.21. The summed E-state index contributed by atoms with van der Waals surface area (Å²) in [4.78, 5) is 0. The summed E-state index contributed by atoms with van der Waals surface area (Å²) in [5, 5.41) is 3.67. The summed E-state index contributed by atoms with van der Waals surface area (Å²) in [7, 11) is 0. The summed E-state index contributed by atoms with van der Waals surface area (Å²) in [5.74, 6) is 0.433. The van der Waals surface area contributed by atoms with Gasteiger partial charge in [-0.05, 0) is 36.6 Å². The molecule has 0 amide bonds. The maximum Gasteiger partial charge on any atom is 0.0291 e. The van der Waals surface area contributed by atoms with Crippen molar-refractivity contribution in [1.82, 2.24) is 5.32 Å². The Labute approximate surface area is 145 Å². The van der Waals surface area contributed by atoms with E-state index in [1.165, 1.54) is 16.7 Å². The Morgan fingerprint density at radius 3 is 1.50 bits per heavy atom. The van der Waals surface area contributed by atoms with Gasteiger partial charge in [-0.3, -0.25) is 0 Å². The SMILES string of the molecule is C[C@H](NCCC(c1ccccc1)c1ccccc1)c1ccccc1. The molecule has 1 N–H and O–H groups in total. The summed E-state index contributed by atoms with van der Waals surface area (Å²) < 4.78 is 0. The molecule has 1 heteroatoms. The number of hydrogen-bond donors (Lipinski definition) is 1. The van der Waals surface area contributed by atoms with Crippen molar-refractivity contribution in [2.75, 3.05) is 6.54 Å². The van der Waals surface area contributed by atoms with E-state index >= 15 is 0 Å². The third kappa shape index (κ3) is 4.33. The summed E-state index contributed by atoms with van der Waals surface area (Å²) >= 11 is 0. The van der Waals surface area contributed by atoms with Crippen molar-refractivity contribution in [3.63, 3.8) is 0 Å². The highest BCUT2D eigenvalue weighted by Crippen LogP contribution is 2.27. The number of nitrogens with one attached hydrogen (secondary N) is 1. The van der Waals surface area contributed by atoms with Gasteiger partial charge in [-0.15, -0.1) is 0 Å². The van der Waals surface area contributed by atoms with E-state index in [0.29, 0.717) is 12.0 Å². The molecule has 24 heavy (non-hydrogen) atoms. The highest BCUT2D eigenvalue weighted by Gasteiger charge is 2.14. The van der Waals surface area contributed by atoms with Crippen LogP contribution in [-0.2, 0) is 0 Å². The third-order valence-electron chi connectivity index (χ3n) is 4.59. The monoisotopic (exact) mass is 315 g/mol. The molecule has 0 saturated carbocycles. The number of benzene rings is 3. The van der Waals surface area contributed by atoms with Crippen molar-refractivity contribution >= 4 is 0 Å². The molecule has 0 aliphatic heterocycles. The van der Waals surface area contributed by atoms with E-state index in [-0.39, 0.29) is 0 Å². The molecule has 0 fully saturated rings. The average molecular weight is 315 g/mol. The lowest BCUT2D eigenvalue weighted by atomic mass is 9.88. The largest absolute Gasteiger partial charge is 0.310 e. The van der Waals surface area contributed by atoms with Gasteiger partial charge in [0.25, 0.3) is 0 Å². The van der Waals surface area contributed by atoms with Crippen molar-refractivity contribution < 1.29 is 0 Å². The first-order valence-electron chi connectivity index (χ1n) is 8.73. The second-order valence-electron chi connectivity index (χ2n) is 6.25. The second kappa shape index (κ2) is 8.47. The van der Waals surface area contributed by atoms with Gasteiger partial charge in [-0.25, -0.2) is 0 Å². The average Bonchev–Trinajstić information content (AvgIpc) is 2.67. The quantitative estimate of drug-likeness (QED) is 0.602. The topological polar surface area (TPSA) is 12.0 Å². The fraction of sp³-hybridized carbons (Fsp3) is 0.217. The van der Waals surface area contributed by atoms with E-state index in [9.17, 15) is 0 Å². The molecule has 0 saturated heterocycles. The maximum atomic E-state index is 3.67. The molecule has 3 aromatic carbocycles. The van der Waals surface area contributed by atoms with Crippen LogP contribution in [0, 0.1) is 0 Å². The van der Waals surface area contributed by atoms with Gasteiger partial charge in [-0.1, -0.05) is 91.0 Å². The van der Waals surface area contributed by atoms with Crippen LogP contribution < -0.4 is 5.32 Å². The van der Waals surface area contributed by atoms with Crippen LogP contribution in [0.5, 0.6) is 0 Å². The Hall–Kier alpha value is -2.38. The van der Waals surface area contributed by atoms with E-state index in [2.05, 4.69) is 103 Å². The number of hydrogen-bond acceptors (Lipinski definition) is 1. The lowest BCUT2D eigenvalue weighted by Gasteiger charge is -2.20. The first kappa shape index (κ1) is 16.5. The molecule has 0 unspecified atom stereocenters. The van der Waals surface area contributed by atoms with E-state index in [1.807, 2.05) is 0 Å². The van der Waals surface area contributed by atoms with Crippen LogP contribution in [-0.4, -0.2) is 6.54 Å². The zero-order valence-corrected chi connectivity index (χ0v) is 14.2. The van der Waals surface area contributed by atoms with Gasteiger partial charge in [0.1, 0.15) is 0 Å². The minimum atomic E-state index is 0.374. The molecule has 0 aliphatic rings. The Balaban J connectivity index is 1.67. The minimum Gasteiger partial charge on any atom is -0.310 e. The highest BCUT2D eigenvalue weighted by molar-refractivity contribution is 5.32. The fourth-order valence-electron chi connectivity index (χ4n) is 3.20. The standard InChI is InChI=1S/C23H25N/c1-19(20-11-5-2-6-12-20)24-18-17-23(21-13-7-3-8-14-21)22-15-9-4-10-16-22/h2-16,19,23-24H,17-18H2,1H3/t19-/m0/s1. The van der Waals surface area contributed by atoms with E-state index in [1.54, 1.807) is 0 Å². The van der Waals surface area contributed by atoms with Gasteiger partial charge < -0.3 is 5.32 Å². The Morgan fingerprint density at radius 2 is 1.04 bits per heavy atom. The summed E-state index contributed by atoms with van der Waals surface area (Å²) in [6, 6.07) is 32.6. The summed E-state index contributed by atoms with van der Waals surface area (Å²) in [6.07, 6.45) is 1.09. The molecule has 0 spiro atoms. The summed E-state index contributed by atoms with van der Waals surface area (Å²) in [5.41, 5.74) is 4.12. The second-order valence-corrected chi connectivity index (χ2v) is 6.25. The van der Waals surface area contributed by atoms with E-state index in [0.717, 1.165) is 13.0 Å². The summed E-state index contributed by atoms with van der Waals surface area (Å²) in [6.45, 7) is 3.22. The van der Waals surface area contributed by atoms with Crippen molar-refractivity contribution in [2.45, 2.75) is 25.3 Å². The van der Waals surface area contributed by atoms with Gasteiger partial charge in [0.05, 0.1) is 0 Å². The zero-order valence-electron chi connectivity index (χ0n) is 14.2. The van der Waals surface area contributed by atoms with Gasteiger partial charge in [-0.2, -0.15) is 0 Å². The van der Waals surface area contributed by atoms with Gasteiger partial charge in [0.15, 0.2) is 0 Å². The first-order chi connectivity index (χ1) is 11.8. The van der Waals surface area contributed by atoms with E-state index < -0.39 is 0 Å². The van der Waals surface area contributed by atoms with Crippen molar-refractivity contribution in [1.29, 1.82) is 0 Å². The first-order valence-corrected chi connectivity index (χ1v) is 8.73. The van der Waals surface area contributed by atoms with Crippen LogP contribution in [0.25, 0.3) is 0 Å². The Kier molecular flexibility index (Phi) is 5.81. The molecule has 0 aromatic heterocycles. The Bertz CT molecular complexity index is 667. The van der Waals surface area contributed by atoms with Crippen LogP contribution >= 0.6 is 0 Å². The zero-order chi connectivity index (χ0) is 16.6. The molecule has 0 heterocycles. The molecular formula is C23H25N. The maximum absolute atomic E-state index is 3.67. The van der Waals surface area contributed by atoms with Crippen molar-refractivity contribution in [2.24, 2.45) is 0 Å². The van der Waals surface area contributed by atoms with Crippen LogP contribution in [0.15, 0.2) is 91.0 Å². The molecule has 3 aromatic rings. The fourth-order valence-corrected chi connectivity index (χ4v) is 3.20. The minimum absolute atomic E-state index is 0.374. The normalized spacial score (nSPS) is 12.2. The molecule has 1 nitrogen and oxygen atoms in total. The molecule has 0 aliphatic carbocycles. The van der Waals surface area contributed by atoms with Gasteiger partial charge >= 0.3 is 0 Å². The van der Waals surface area contributed by atoms with Crippen LogP contribution in [0.1, 0.15) is 42.0 Å². The molecule has 3 rings (SSSR count). The van der Waals surface area contributed by atoms with Crippen molar-refractivity contribution in [3.8, 4) is 0 Å². The van der Waals surface area contributed by atoms with Crippen LogP contribution in [0.4, 0.5) is 0 Å². The molecule has 122 valence electrons. The van der Waals surface area contributed by atoms with Crippen molar-refractivity contribution in [3.05, 3.63) is 108 Å². The Morgan fingerprint density at radius 1 is 0.625 bits per heavy atom. The van der Waals surface area contributed by atoms with E-state index in [4.69, 9.17) is 0 Å². The smallest absolute Gasteiger partial charge is 0.0291 e. The highest BCUT2D eigenvalue weighted by atomic mass is 14.9. The predicted octanol–water partition coefficient (Wildman–Crippen LogP) is 5.56. The molecular weight excluding hydrogens is 290 g/mol. The molecule has 0 bridgehead atoms. The van der Waals surface area contributed by atoms with Crippen LogP contribution in [0.3, 0.4) is 0 Å². The molecule has 0 radical (unpaired) electrons. The lowest BCUT2D eigenvalue weighted by molar-refractivity contribution is 0.540. The number of rotatable bonds is 7. The predicted molar refractivity (Wildman–Crippen MR) is 102 cm³/mol. The third-order valence-corrected chi connectivity index (χ3v) is 4.59. The van der Waals surface area contributed by atoms with Gasteiger partial charge in [0, 0.05) is 12.0 Å². The van der Waals surface area contributed by atoms with Gasteiger partial charge in [0.2, 0.25) is 0 Å². The van der Waals surface area contributed by atoms with Crippen LogP contribution in [0.2, 0.25) is 0 Å². The molecule has 1 atom stereocenters.